The Hall–Kier alpha value is -1.82. The van der Waals surface area contributed by atoms with Crippen LogP contribution in [0.4, 0.5) is 4.39 Å². The smallest absolute Gasteiger partial charge is 0.303 e. The third-order valence-electron chi connectivity index (χ3n) is 8.98. The molecule has 0 aromatic rings. The van der Waals surface area contributed by atoms with E-state index in [-0.39, 0.29) is 29.8 Å². The molecule has 6 heteroatoms. The number of hydrogen-bond donors (Lipinski definition) is 1. The number of Topliss-reactive ketones (excluding diaryl/α,β-unsaturated/α-hetero) is 1. The van der Waals surface area contributed by atoms with Crippen molar-refractivity contribution in [3.63, 3.8) is 0 Å². The van der Waals surface area contributed by atoms with Crippen molar-refractivity contribution in [1.29, 1.82) is 0 Å². The molecule has 0 bridgehead atoms. The normalized spacial score (nSPS) is 49.6. The number of ketones is 2. The first-order chi connectivity index (χ1) is 13.8. The molecular weight excluding hydrogens is 387 g/mol. The molecule has 0 spiro atoms. The standard InChI is InChI=1S/C24H31FO5/c1-13-10-19-17-7-9-23(14(2)26,30-15(3)27)22(17,5)12-20(29)24(19,25)21(4)8-6-16(28)11-18(13)21/h6,8,11,13,17,19-20,29H,7,9-10,12H2,1-5H3/t13-,17+,19+,20+,21+,22+,23-,24+/m1/s1. The summed E-state index contributed by atoms with van der Waals surface area (Å²) in [6, 6.07) is 0. The molecule has 30 heavy (non-hydrogen) atoms. The number of esters is 1. The Morgan fingerprint density at radius 2 is 1.90 bits per heavy atom. The first-order valence-corrected chi connectivity index (χ1v) is 10.9. The third-order valence-corrected chi connectivity index (χ3v) is 8.98. The maximum Gasteiger partial charge on any atom is 0.303 e. The Bertz CT molecular complexity index is 892. The average Bonchev–Trinajstić information content (AvgIpc) is 2.92. The molecule has 0 saturated heterocycles. The van der Waals surface area contributed by atoms with Gasteiger partial charge in [-0.25, -0.2) is 4.39 Å². The Balaban J connectivity index is 1.86. The summed E-state index contributed by atoms with van der Waals surface area (Å²) in [5.74, 6) is -1.72. The number of ether oxygens (including phenoxy) is 1. The fourth-order valence-corrected chi connectivity index (χ4v) is 7.65. The molecule has 164 valence electrons. The van der Waals surface area contributed by atoms with E-state index in [1.807, 2.05) is 13.8 Å². The van der Waals surface area contributed by atoms with E-state index < -0.39 is 40.1 Å². The number of carbonyl (C=O) groups is 3. The van der Waals surface area contributed by atoms with Gasteiger partial charge in [-0.1, -0.05) is 25.5 Å². The summed E-state index contributed by atoms with van der Waals surface area (Å²) in [5, 5.41) is 11.3. The number of hydrogen-bond acceptors (Lipinski definition) is 5. The van der Waals surface area contributed by atoms with Crippen LogP contribution in [0, 0.1) is 28.6 Å². The lowest BCUT2D eigenvalue weighted by Crippen LogP contribution is -2.70. The quantitative estimate of drug-likeness (QED) is 0.695. The molecule has 0 amide bonds. The Morgan fingerprint density at radius 1 is 1.23 bits per heavy atom. The SMILES string of the molecule is CC(=O)O[C@@]1(C(C)=O)CC[C@H]2[C@@H]3C[C@@H](C)C4=CC(=O)C=C[C@]4(C)[C@@]3(F)[C@@H](O)C[C@@]21C. The minimum atomic E-state index is -1.96. The molecule has 0 aromatic carbocycles. The summed E-state index contributed by atoms with van der Waals surface area (Å²) in [5.41, 5.74) is -4.52. The summed E-state index contributed by atoms with van der Waals surface area (Å²) in [6.07, 6.45) is 4.58. The monoisotopic (exact) mass is 418 g/mol. The topological polar surface area (TPSA) is 80.7 Å². The number of allylic oxidation sites excluding steroid dienone is 4. The van der Waals surface area contributed by atoms with Gasteiger partial charge in [0.05, 0.1) is 6.10 Å². The van der Waals surface area contributed by atoms with Crippen molar-refractivity contribution >= 4 is 17.5 Å². The molecule has 0 aromatic heterocycles. The van der Waals surface area contributed by atoms with Crippen LogP contribution in [0.3, 0.4) is 0 Å². The van der Waals surface area contributed by atoms with Crippen molar-refractivity contribution in [3.05, 3.63) is 23.8 Å². The number of aliphatic hydroxyl groups is 1. The molecule has 1 N–H and O–H groups in total. The van der Waals surface area contributed by atoms with Crippen LogP contribution in [-0.2, 0) is 19.1 Å². The molecule has 5 nitrogen and oxygen atoms in total. The number of fused-ring (bicyclic) bond motifs is 5. The molecule has 8 atom stereocenters. The average molecular weight is 419 g/mol. The molecule has 0 heterocycles. The first kappa shape index (κ1) is 21.4. The highest BCUT2D eigenvalue weighted by Gasteiger charge is 2.75. The molecule has 3 saturated carbocycles. The van der Waals surface area contributed by atoms with E-state index in [1.165, 1.54) is 26.0 Å². The molecule has 4 aliphatic rings. The Morgan fingerprint density at radius 3 is 2.50 bits per heavy atom. The van der Waals surface area contributed by atoms with E-state index in [0.717, 1.165) is 5.57 Å². The van der Waals surface area contributed by atoms with Crippen LogP contribution >= 0.6 is 0 Å². The van der Waals surface area contributed by atoms with E-state index >= 15 is 4.39 Å². The van der Waals surface area contributed by atoms with Gasteiger partial charge in [-0.3, -0.25) is 14.4 Å². The van der Waals surface area contributed by atoms with Crippen molar-refractivity contribution in [2.45, 2.75) is 77.7 Å². The lowest BCUT2D eigenvalue weighted by atomic mass is 9.43. The predicted molar refractivity (Wildman–Crippen MR) is 108 cm³/mol. The van der Waals surface area contributed by atoms with E-state index in [9.17, 15) is 19.5 Å². The first-order valence-electron chi connectivity index (χ1n) is 10.9. The molecule has 0 unspecified atom stereocenters. The molecule has 0 aliphatic heterocycles. The summed E-state index contributed by atoms with van der Waals surface area (Å²) < 4.78 is 22.8. The van der Waals surface area contributed by atoms with Gasteiger partial charge in [0.1, 0.15) is 0 Å². The second-order valence-electron chi connectivity index (χ2n) is 10.3. The van der Waals surface area contributed by atoms with E-state index in [1.54, 1.807) is 13.0 Å². The van der Waals surface area contributed by atoms with Gasteiger partial charge >= 0.3 is 5.97 Å². The van der Waals surface area contributed by atoms with Crippen LogP contribution in [0.2, 0.25) is 0 Å². The highest BCUT2D eigenvalue weighted by Crippen LogP contribution is 2.71. The zero-order valence-corrected chi connectivity index (χ0v) is 18.3. The number of rotatable bonds is 2. The number of carbonyl (C=O) groups excluding carboxylic acids is 3. The van der Waals surface area contributed by atoms with Gasteiger partial charge in [-0.05, 0) is 63.5 Å². The van der Waals surface area contributed by atoms with Crippen LogP contribution < -0.4 is 0 Å². The third kappa shape index (κ3) is 2.34. The number of alkyl halides is 1. The zero-order valence-electron chi connectivity index (χ0n) is 18.3. The highest BCUT2D eigenvalue weighted by atomic mass is 19.1. The zero-order chi connectivity index (χ0) is 22.3. The van der Waals surface area contributed by atoms with Gasteiger partial charge in [0.2, 0.25) is 0 Å². The fourth-order valence-electron chi connectivity index (χ4n) is 7.65. The van der Waals surface area contributed by atoms with Gasteiger partial charge in [-0.2, -0.15) is 0 Å². The maximum atomic E-state index is 17.1. The molecule has 4 aliphatic carbocycles. The van der Waals surface area contributed by atoms with E-state index in [0.29, 0.717) is 19.3 Å². The van der Waals surface area contributed by atoms with Crippen LogP contribution in [-0.4, -0.2) is 40.0 Å². The van der Waals surface area contributed by atoms with E-state index in [4.69, 9.17) is 4.74 Å². The van der Waals surface area contributed by atoms with Gasteiger partial charge in [0.15, 0.2) is 22.8 Å². The predicted octanol–water partition coefficient (Wildman–Crippen LogP) is 3.49. The van der Waals surface area contributed by atoms with Crippen molar-refractivity contribution in [3.8, 4) is 0 Å². The Labute approximate surface area is 176 Å². The van der Waals surface area contributed by atoms with Gasteiger partial charge in [0.25, 0.3) is 0 Å². The largest absolute Gasteiger partial charge is 0.451 e. The molecule has 0 radical (unpaired) electrons. The second-order valence-corrected chi connectivity index (χ2v) is 10.3. The molecule has 4 rings (SSSR count). The number of aliphatic hydroxyl groups excluding tert-OH is 1. The van der Waals surface area contributed by atoms with Crippen molar-refractivity contribution < 1.29 is 28.6 Å². The molecule has 3 fully saturated rings. The van der Waals surface area contributed by atoms with Gasteiger partial charge in [-0.15, -0.1) is 0 Å². The van der Waals surface area contributed by atoms with Crippen LogP contribution in [0.15, 0.2) is 23.8 Å². The Kier molecular flexibility index (Phi) is 4.53. The summed E-state index contributed by atoms with van der Waals surface area (Å²) in [7, 11) is 0. The van der Waals surface area contributed by atoms with Crippen LogP contribution in [0.25, 0.3) is 0 Å². The lowest BCUT2D eigenvalue weighted by Gasteiger charge is -2.63. The van der Waals surface area contributed by atoms with Crippen LogP contribution in [0.1, 0.15) is 60.3 Å². The minimum absolute atomic E-state index is 0.0244. The second kappa shape index (κ2) is 6.35. The maximum absolute atomic E-state index is 17.1. The molecular formula is C24H31FO5. The van der Waals surface area contributed by atoms with Gasteiger partial charge < -0.3 is 9.84 Å². The lowest BCUT2D eigenvalue weighted by molar-refractivity contribution is -0.226. The van der Waals surface area contributed by atoms with Crippen LogP contribution in [0.5, 0.6) is 0 Å². The highest BCUT2D eigenvalue weighted by molar-refractivity contribution is 6.01. The van der Waals surface area contributed by atoms with Crippen molar-refractivity contribution in [2.75, 3.05) is 0 Å². The minimum Gasteiger partial charge on any atom is -0.451 e. The van der Waals surface area contributed by atoms with Crippen molar-refractivity contribution in [2.24, 2.45) is 28.6 Å². The van der Waals surface area contributed by atoms with Gasteiger partial charge in [0, 0.05) is 23.7 Å². The van der Waals surface area contributed by atoms with Crippen molar-refractivity contribution in [1.82, 2.24) is 0 Å². The summed E-state index contributed by atoms with van der Waals surface area (Å²) in [4.78, 5) is 36.7. The number of halogens is 1. The summed E-state index contributed by atoms with van der Waals surface area (Å²) in [6.45, 7) is 8.34. The summed E-state index contributed by atoms with van der Waals surface area (Å²) >= 11 is 0. The fraction of sp³-hybridized carbons (Fsp3) is 0.708. The van der Waals surface area contributed by atoms with E-state index in [2.05, 4.69) is 0 Å².